The molecule has 0 radical (unpaired) electrons. The molecule has 1 atom stereocenters. The van der Waals surface area contributed by atoms with Gasteiger partial charge >= 0.3 is 11.9 Å². The average molecular weight is 468 g/mol. The van der Waals surface area contributed by atoms with Crippen molar-refractivity contribution in [1.29, 1.82) is 0 Å². The summed E-state index contributed by atoms with van der Waals surface area (Å²) < 4.78 is 21.5. The van der Waals surface area contributed by atoms with E-state index in [0.29, 0.717) is 0 Å². The van der Waals surface area contributed by atoms with Crippen LogP contribution in [0.3, 0.4) is 0 Å². The molecule has 0 bridgehead atoms. The van der Waals surface area contributed by atoms with Crippen LogP contribution in [-0.2, 0) is 0 Å². The SMILES string of the molecule is CC(O)(COc1cccc2oc(C(=O)O)cc(=O)c12)Oc1cccc2oc(C(=O)O)cc(=O)c12. The van der Waals surface area contributed by atoms with Gasteiger partial charge in [-0.15, -0.1) is 0 Å². The molecule has 0 saturated heterocycles. The van der Waals surface area contributed by atoms with Gasteiger partial charge in [0.1, 0.15) is 33.4 Å². The van der Waals surface area contributed by atoms with E-state index in [4.69, 9.17) is 28.5 Å². The van der Waals surface area contributed by atoms with Crippen LogP contribution in [0.2, 0.25) is 0 Å². The first-order valence-corrected chi connectivity index (χ1v) is 9.70. The molecule has 2 heterocycles. The molecular weight excluding hydrogens is 452 g/mol. The summed E-state index contributed by atoms with van der Waals surface area (Å²) in [7, 11) is 0. The zero-order valence-electron chi connectivity index (χ0n) is 17.4. The monoisotopic (exact) mass is 468 g/mol. The second-order valence-electron chi connectivity index (χ2n) is 7.38. The minimum atomic E-state index is -2.02. The zero-order valence-corrected chi connectivity index (χ0v) is 17.4. The summed E-state index contributed by atoms with van der Waals surface area (Å²) in [6.45, 7) is 0.733. The van der Waals surface area contributed by atoms with Crippen molar-refractivity contribution in [2.45, 2.75) is 12.7 Å². The van der Waals surface area contributed by atoms with Crippen LogP contribution in [0.5, 0.6) is 11.5 Å². The lowest BCUT2D eigenvalue weighted by Gasteiger charge is -2.25. The Morgan fingerprint density at radius 2 is 1.32 bits per heavy atom. The van der Waals surface area contributed by atoms with E-state index < -0.39 is 46.7 Å². The van der Waals surface area contributed by atoms with Crippen molar-refractivity contribution in [3.05, 3.63) is 80.5 Å². The molecule has 1 unspecified atom stereocenters. The van der Waals surface area contributed by atoms with Crippen molar-refractivity contribution in [1.82, 2.24) is 0 Å². The highest BCUT2D eigenvalue weighted by atomic mass is 16.6. The number of fused-ring (bicyclic) bond motifs is 2. The highest BCUT2D eigenvalue weighted by Crippen LogP contribution is 2.28. The Bertz CT molecular complexity index is 1560. The molecule has 174 valence electrons. The van der Waals surface area contributed by atoms with Crippen LogP contribution in [-0.4, -0.2) is 39.7 Å². The summed E-state index contributed by atoms with van der Waals surface area (Å²) in [6.07, 6.45) is 0. The molecule has 0 aliphatic heterocycles. The normalized spacial score (nSPS) is 12.9. The lowest BCUT2D eigenvalue weighted by molar-refractivity contribution is -0.143. The van der Waals surface area contributed by atoms with Gasteiger partial charge in [0, 0.05) is 19.1 Å². The highest BCUT2D eigenvalue weighted by molar-refractivity contribution is 5.90. The van der Waals surface area contributed by atoms with Crippen molar-refractivity contribution in [3.63, 3.8) is 0 Å². The maximum absolute atomic E-state index is 12.4. The minimum absolute atomic E-state index is 0.00981. The molecule has 0 saturated carbocycles. The lowest BCUT2D eigenvalue weighted by atomic mass is 10.2. The van der Waals surface area contributed by atoms with Gasteiger partial charge in [0.25, 0.3) is 0 Å². The largest absolute Gasteiger partial charge is 0.486 e. The number of benzene rings is 2. The van der Waals surface area contributed by atoms with Crippen molar-refractivity contribution in [3.8, 4) is 11.5 Å². The average Bonchev–Trinajstić information content (AvgIpc) is 2.77. The standard InChI is InChI=1S/C23H16O11/c1-23(30,34-16-7-3-6-15-20(16)12(25)9-18(33-15)22(28)29)10-31-13-4-2-5-14-19(13)11(24)8-17(32-14)21(26)27/h2-9,30H,10H2,1H3,(H,26,27)(H,28,29). The van der Waals surface area contributed by atoms with E-state index in [-0.39, 0.29) is 33.4 Å². The molecule has 2 aromatic heterocycles. The van der Waals surface area contributed by atoms with Gasteiger partial charge in [0.05, 0.1) is 0 Å². The lowest BCUT2D eigenvalue weighted by Crippen LogP contribution is -2.39. The third-order valence-corrected chi connectivity index (χ3v) is 4.68. The Morgan fingerprint density at radius 3 is 1.82 bits per heavy atom. The molecule has 0 fully saturated rings. The van der Waals surface area contributed by atoms with Crippen molar-refractivity contribution >= 4 is 33.9 Å². The summed E-state index contributed by atoms with van der Waals surface area (Å²) in [6, 6.07) is 10.1. The maximum Gasteiger partial charge on any atom is 0.371 e. The molecule has 4 aromatic rings. The van der Waals surface area contributed by atoms with Crippen LogP contribution in [0.4, 0.5) is 0 Å². The Morgan fingerprint density at radius 1 is 0.853 bits per heavy atom. The molecule has 11 nitrogen and oxygen atoms in total. The predicted octanol–water partition coefficient (Wildman–Crippen LogP) is 2.46. The topological polar surface area (TPSA) is 174 Å². The summed E-state index contributed by atoms with van der Waals surface area (Å²) in [5, 5.41) is 28.7. The quantitative estimate of drug-likeness (QED) is 0.340. The minimum Gasteiger partial charge on any atom is -0.486 e. The first-order chi connectivity index (χ1) is 16.1. The summed E-state index contributed by atoms with van der Waals surface area (Å²) in [5.41, 5.74) is -1.42. The van der Waals surface area contributed by atoms with Gasteiger partial charge in [-0.3, -0.25) is 9.59 Å². The number of carbonyl (C=O) groups is 2. The van der Waals surface area contributed by atoms with Gasteiger partial charge in [0.15, 0.2) is 17.5 Å². The zero-order chi connectivity index (χ0) is 24.6. The van der Waals surface area contributed by atoms with E-state index in [1.807, 2.05) is 0 Å². The smallest absolute Gasteiger partial charge is 0.371 e. The molecular formula is C23H16O11. The van der Waals surface area contributed by atoms with Crippen molar-refractivity contribution in [2.75, 3.05) is 6.61 Å². The first-order valence-electron chi connectivity index (χ1n) is 9.70. The van der Waals surface area contributed by atoms with Crippen LogP contribution in [0.15, 0.2) is 67.0 Å². The van der Waals surface area contributed by atoms with Crippen LogP contribution < -0.4 is 20.3 Å². The first kappa shape index (κ1) is 22.6. The Kier molecular flexibility index (Phi) is 5.55. The third kappa shape index (κ3) is 4.32. The molecule has 3 N–H and O–H groups in total. The number of hydrogen-bond donors (Lipinski definition) is 3. The molecule has 0 spiro atoms. The molecule has 0 aliphatic rings. The number of ether oxygens (including phenoxy) is 2. The van der Waals surface area contributed by atoms with Crippen LogP contribution in [0.25, 0.3) is 21.9 Å². The van der Waals surface area contributed by atoms with E-state index in [1.54, 1.807) is 0 Å². The van der Waals surface area contributed by atoms with Gasteiger partial charge < -0.3 is 33.6 Å². The van der Waals surface area contributed by atoms with Crippen LogP contribution >= 0.6 is 0 Å². The second kappa shape index (κ2) is 8.37. The fourth-order valence-corrected chi connectivity index (χ4v) is 3.25. The molecule has 34 heavy (non-hydrogen) atoms. The number of hydrogen-bond acceptors (Lipinski definition) is 9. The van der Waals surface area contributed by atoms with Gasteiger partial charge in [-0.2, -0.15) is 0 Å². The van der Waals surface area contributed by atoms with Crippen molar-refractivity contribution < 1.29 is 43.2 Å². The molecule has 2 aromatic carbocycles. The van der Waals surface area contributed by atoms with Crippen LogP contribution in [0, 0.1) is 0 Å². The predicted molar refractivity (Wildman–Crippen MR) is 116 cm³/mol. The molecule has 11 heteroatoms. The fraction of sp³-hybridized carbons (Fsp3) is 0.130. The molecule has 4 rings (SSSR count). The van der Waals surface area contributed by atoms with Gasteiger partial charge in [-0.1, -0.05) is 12.1 Å². The Balaban J connectivity index is 1.63. The van der Waals surface area contributed by atoms with Crippen LogP contribution in [0.1, 0.15) is 28.0 Å². The highest BCUT2D eigenvalue weighted by Gasteiger charge is 2.27. The fourth-order valence-electron chi connectivity index (χ4n) is 3.25. The van der Waals surface area contributed by atoms with Crippen molar-refractivity contribution in [2.24, 2.45) is 0 Å². The van der Waals surface area contributed by atoms with Gasteiger partial charge in [-0.05, 0) is 24.3 Å². The number of carboxylic acids is 2. The molecule has 0 aliphatic carbocycles. The number of carboxylic acid groups (broad SMARTS) is 2. The summed E-state index contributed by atoms with van der Waals surface area (Å²) in [5.74, 6) is -6.00. The van der Waals surface area contributed by atoms with E-state index >= 15 is 0 Å². The second-order valence-corrected chi connectivity index (χ2v) is 7.38. The maximum atomic E-state index is 12.4. The summed E-state index contributed by atoms with van der Waals surface area (Å²) in [4.78, 5) is 47.1. The number of rotatable bonds is 7. The Labute approximate surface area is 189 Å². The van der Waals surface area contributed by atoms with Gasteiger partial charge in [0.2, 0.25) is 17.3 Å². The van der Waals surface area contributed by atoms with E-state index in [2.05, 4.69) is 0 Å². The van der Waals surface area contributed by atoms with E-state index in [1.165, 1.54) is 43.3 Å². The Hall–Kier alpha value is -4.64. The molecule has 0 amide bonds. The third-order valence-electron chi connectivity index (χ3n) is 4.68. The van der Waals surface area contributed by atoms with E-state index in [9.17, 15) is 24.3 Å². The number of aromatic carboxylic acids is 2. The van der Waals surface area contributed by atoms with E-state index in [0.717, 1.165) is 12.1 Å². The van der Waals surface area contributed by atoms with Gasteiger partial charge in [-0.25, -0.2) is 9.59 Å². The summed E-state index contributed by atoms with van der Waals surface area (Å²) >= 11 is 0. The number of aliphatic hydroxyl groups is 1.